The Bertz CT molecular complexity index is 894. The van der Waals surface area contributed by atoms with Gasteiger partial charge in [-0.2, -0.15) is 5.26 Å². The molecule has 0 radical (unpaired) electrons. The van der Waals surface area contributed by atoms with Crippen LogP contribution in [0.25, 0.3) is 11.1 Å². The predicted molar refractivity (Wildman–Crippen MR) is 98.3 cm³/mol. The summed E-state index contributed by atoms with van der Waals surface area (Å²) in [4.78, 5) is 3.04. The fraction of sp³-hybridized carbons (Fsp3) is 0.150. The third-order valence-electron chi connectivity index (χ3n) is 3.95. The lowest BCUT2D eigenvalue weighted by atomic mass is 10.0. The maximum absolute atomic E-state index is 14.3. The molecule has 0 bridgehead atoms. The van der Waals surface area contributed by atoms with Crippen LogP contribution in [0.4, 0.5) is 15.1 Å². The topological polar surface area (TPSA) is 27.0 Å². The van der Waals surface area contributed by atoms with Gasteiger partial charge in [-0.15, -0.1) is 11.3 Å². The van der Waals surface area contributed by atoms with Crippen LogP contribution < -0.4 is 4.90 Å². The highest BCUT2D eigenvalue weighted by Gasteiger charge is 2.23. The Morgan fingerprint density at radius 2 is 1.75 bits per heavy atom. The first-order chi connectivity index (χ1) is 11.7. The Kier molecular flexibility index (Phi) is 4.64. The Balaban J connectivity index is 2.20. The number of nitriles is 1. The Morgan fingerprint density at radius 1 is 1.08 bits per heavy atom. The van der Waals surface area contributed by atoms with Crippen LogP contribution in [0, 0.1) is 24.1 Å². The molecule has 0 aliphatic heterocycles. The number of halogens is 1. The standard InChI is InChI=1S/C20H17FN2S/c1-3-23(15-9-5-4-6-10-15)20-17(13-22)19(14(2)24-20)16-11-7-8-12-18(16)21/h4-12H,3H2,1-2H3. The van der Waals surface area contributed by atoms with Gasteiger partial charge in [-0.3, -0.25) is 0 Å². The Labute approximate surface area is 145 Å². The molecule has 4 heteroatoms. The summed E-state index contributed by atoms with van der Waals surface area (Å²) in [5.41, 5.74) is 2.74. The molecule has 1 aromatic heterocycles. The fourth-order valence-electron chi connectivity index (χ4n) is 2.86. The maximum Gasteiger partial charge on any atom is 0.131 e. The monoisotopic (exact) mass is 336 g/mol. The second kappa shape index (κ2) is 6.86. The Morgan fingerprint density at radius 3 is 2.38 bits per heavy atom. The molecule has 0 spiro atoms. The largest absolute Gasteiger partial charge is 0.332 e. The van der Waals surface area contributed by atoms with Gasteiger partial charge in [-0.05, 0) is 32.0 Å². The van der Waals surface area contributed by atoms with Gasteiger partial charge in [0.25, 0.3) is 0 Å². The quantitative estimate of drug-likeness (QED) is 0.594. The van der Waals surface area contributed by atoms with Crippen molar-refractivity contribution in [3.05, 3.63) is 70.9 Å². The number of hydrogen-bond donors (Lipinski definition) is 0. The first kappa shape index (κ1) is 16.2. The molecule has 3 aromatic rings. The highest BCUT2D eigenvalue weighted by molar-refractivity contribution is 7.17. The molecule has 120 valence electrons. The number of rotatable bonds is 4. The van der Waals surface area contributed by atoms with E-state index in [9.17, 15) is 9.65 Å². The van der Waals surface area contributed by atoms with E-state index in [0.717, 1.165) is 22.1 Å². The second-order valence-electron chi connectivity index (χ2n) is 5.38. The van der Waals surface area contributed by atoms with Crippen molar-refractivity contribution in [2.45, 2.75) is 13.8 Å². The SMILES string of the molecule is CCN(c1ccccc1)c1sc(C)c(-c2ccccc2F)c1C#N. The number of nitrogens with zero attached hydrogens (tertiary/aromatic N) is 2. The highest BCUT2D eigenvalue weighted by atomic mass is 32.1. The summed E-state index contributed by atoms with van der Waals surface area (Å²) in [5.74, 6) is -0.302. The van der Waals surface area contributed by atoms with Gasteiger partial charge in [0.05, 0.1) is 5.56 Å². The second-order valence-corrected chi connectivity index (χ2v) is 6.59. The van der Waals surface area contributed by atoms with Crippen molar-refractivity contribution in [2.75, 3.05) is 11.4 Å². The van der Waals surface area contributed by atoms with Crippen LogP contribution in [0.5, 0.6) is 0 Å². The summed E-state index contributed by atoms with van der Waals surface area (Å²) in [5, 5.41) is 10.6. The molecular formula is C20H17FN2S. The van der Waals surface area contributed by atoms with E-state index < -0.39 is 0 Å². The van der Waals surface area contributed by atoms with Crippen LogP contribution in [0.15, 0.2) is 54.6 Å². The van der Waals surface area contributed by atoms with Crippen molar-refractivity contribution < 1.29 is 4.39 Å². The van der Waals surface area contributed by atoms with Crippen molar-refractivity contribution in [3.8, 4) is 17.2 Å². The van der Waals surface area contributed by atoms with E-state index in [2.05, 4.69) is 11.0 Å². The van der Waals surface area contributed by atoms with Crippen LogP contribution in [0.3, 0.4) is 0 Å². The smallest absolute Gasteiger partial charge is 0.131 e. The normalized spacial score (nSPS) is 10.4. The molecule has 1 heterocycles. The lowest BCUT2D eigenvalue weighted by molar-refractivity contribution is 0.631. The van der Waals surface area contributed by atoms with Gasteiger partial charge in [-0.25, -0.2) is 4.39 Å². The van der Waals surface area contributed by atoms with Crippen LogP contribution in [0.1, 0.15) is 17.4 Å². The molecule has 0 aliphatic carbocycles. The van der Waals surface area contributed by atoms with Crippen molar-refractivity contribution in [1.82, 2.24) is 0 Å². The van der Waals surface area contributed by atoms with E-state index in [1.54, 1.807) is 18.2 Å². The summed E-state index contributed by atoms with van der Waals surface area (Å²) in [6.45, 7) is 4.72. The van der Waals surface area contributed by atoms with Crippen molar-refractivity contribution in [3.63, 3.8) is 0 Å². The van der Waals surface area contributed by atoms with Crippen LogP contribution in [0.2, 0.25) is 0 Å². The molecule has 0 saturated heterocycles. The molecule has 24 heavy (non-hydrogen) atoms. The minimum absolute atomic E-state index is 0.302. The van der Waals surface area contributed by atoms with Crippen molar-refractivity contribution in [1.29, 1.82) is 5.26 Å². The van der Waals surface area contributed by atoms with Gasteiger partial charge >= 0.3 is 0 Å². The maximum atomic E-state index is 14.3. The van der Waals surface area contributed by atoms with Gasteiger partial charge in [-0.1, -0.05) is 36.4 Å². The summed E-state index contributed by atoms with van der Waals surface area (Å²) < 4.78 is 14.3. The molecule has 0 unspecified atom stereocenters. The molecule has 0 aliphatic rings. The molecule has 0 N–H and O–H groups in total. The first-order valence-corrected chi connectivity index (χ1v) is 8.60. The average Bonchev–Trinajstić information content (AvgIpc) is 2.93. The number of hydrogen-bond acceptors (Lipinski definition) is 3. The summed E-state index contributed by atoms with van der Waals surface area (Å²) >= 11 is 1.53. The molecule has 0 fully saturated rings. The molecular weight excluding hydrogens is 319 g/mol. The fourth-order valence-corrected chi connectivity index (χ4v) is 4.06. The van der Waals surface area contributed by atoms with Crippen LogP contribution in [-0.2, 0) is 0 Å². The number of anilines is 2. The molecule has 3 rings (SSSR count). The van der Waals surface area contributed by atoms with Gasteiger partial charge in [0.2, 0.25) is 0 Å². The van der Waals surface area contributed by atoms with E-state index in [1.165, 1.54) is 17.4 Å². The average molecular weight is 336 g/mol. The van der Waals surface area contributed by atoms with Crippen molar-refractivity contribution in [2.24, 2.45) is 0 Å². The van der Waals surface area contributed by atoms with Gasteiger partial charge in [0, 0.05) is 28.2 Å². The van der Waals surface area contributed by atoms with E-state index in [0.29, 0.717) is 16.7 Å². The zero-order valence-electron chi connectivity index (χ0n) is 13.6. The van der Waals surface area contributed by atoms with Gasteiger partial charge < -0.3 is 4.90 Å². The Hall–Kier alpha value is -2.64. The molecule has 2 aromatic carbocycles. The van der Waals surface area contributed by atoms with E-state index in [4.69, 9.17) is 0 Å². The first-order valence-electron chi connectivity index (χ1n) is 7.78. The van der Waals surface area contributed by atoms with Crippen LogP contribution in [-0.4, -0.2) is 6.54 Å². The number of benzene rings is 2. The zero-order valence-corrected chi connectivity index (χ0v) is 14.4. The molecule has 2 nitrogen and oxygen atoms in total. The van der Waals surface area contributed by atoms with Crippen molar-refractivity contribution >= 4 is 22.0 Å². The van der Waals surface area contributed by atoms with E-state index in [-0.39, 0.29) is 5.82 Å². The van der Waals surface area contributed by atoms with Crippen LogP contribution >= 0.6 is 11.3 Å². The lowest BCUT2D eigenvalue weighted by Gasteiger charge is -2.22. The number of aryl methyl sites for hydroxylation is 1. The zero-order chi connectivity index (χ0) is 17.1. The summed E-state index contributed by atoms with van der Waals surface area (Å²) in [6.07, 6.45) is 0. The minimum Gasteiger partial charge on any atom is -0.332 e. The number of para-hydroxylation sites is 1. The van der Waals surface area contributed by atoms with E-state index in [1.807, 2.05) is 44.2 Å². The van der Waals surface area contributed by atoms with Gasteiger partial charge in [0.15, 0.2) is 0 Å². The summed E-state index contributed by atoms with van der Waals surface area (Å²) in [7, 11) is 0. The minimum atomic E-state index is -0.302. The lowest BCUT2D eigenvalue weighted by Crippen LogP contribution is -2.15. The molecule has 0 atom stereocenters. The third-order valence-corrected chi connectivity index (χ3v) is 5.08. The number of thiophene rings is 1. The molecule has 0 saturated carbocycles. The highest BCUT2D eigenvalue weighted by Crippen LogP contribution is 2.44. The van der Waals surface area contributed by atoms with E-state index >= 15 is 0 Å². The third kappa shape index (κ3) is 2.79. The summed E-state index contributed by atoms with van der Waals surface area (Å²) in [6, 6.07) is 18.9. The molecule has 0 amide bonds. The predicted octanol–water partition coefficient (Wildman–Crippen LogP) is 5.89. The van der Waals surface area contributed by atoms with Gasteiger partial charge in [0.1, 0.15) is 16.9 Å².